The Hall–Kier alpha value is -1.21. The van der Waals surface area contributed by atoms with Crippen LogP contribution >= 0.6 is 11.3 Å². The zero-order valence-electron chi connectivity index (χ0n) is 7.93. The van der Waals surface area contributed by atoms with Crippen LogP contribution in [0.25, 0.3) is 0 Å². The van der Waals surface area contributed by atoms with Crippen molar-refractivity contribution >= 4 is 21.5 Å². The van der Waals surface area contributed by atoms with E-state index in [-0.39, 0.29) is 17.1 Å². The second kappa shape index (κ2) is 4.34. The van der Waals surface area contributed by atoms with Crippen molar-refractivity contribution in [1.29, 1.82) is 0 Å². The van der Waals surface area contributed by atoms with Gasteiger partial charge in [-0.3, -0.25) is 10.1 Å². The minimum Gasteiger partial charge on any atom is -0.357 e. The Balaban J connectivity index is 2.64. The summed E-state index contributed by atoms with van der Waals surface area (Å²) < 4.78 is 0. The molecule has 0 radical (unpaired) electrons. The highest BCUT2D eigenvalue weighted by molar-refractivity contribution is 7.18. The summed E-state index contributed by atoms with van der Waals surface area (Å²) in [6.07, 6.45) is 1.24. The fourth-order valence-corrected chi connectivity index (χ4v) is 1.47. The van der Waals surface area contributed by atoms with Gasteiger partial charge in [0, 0.05) is 12.1 Å². The van der Waals surface area contributed by atoms with Gasteiger partial charge in [-0.25, -0.2) is 4.98 Å². The lowest BCUT2D eigenvalue weighted by atomic mass is 10.2. The van der Waals surface area contributed by atoms with Gasteiger partial charge in [-0.1, -0.05) is 0 Å². The van der Waals surface area contributed by atoms with Crippen LogP contribution in [0.4, 0.5) is 10.1 Å². The molecule has 0 saturated carbocycles. The third-order valence-corrected chi connectivity index (χ3v) is 2.69. The summed E-state index contributed by atoms with van der Waals surface area (Å²) in [7, 11) is 0. The topological polar surface area (TPSA) is 94.1 Å². The van der Waals surface area contributed by atoms with Gasteiger partial charge in [0.25, 0.3) is 0 Å². The van der Waals surface area contributed by atoms with Crippen LogP contribution < -0.4 is 11.1 Å². The largest absolute Gasteiger partial charge is 0.357 e. The first kappa shape index (κ1) is 10.9. The maximum atomic E-state index is 10.4. The molecule has 2 atom stereocenters. The SMILES string of the molecule is CC(N)C(C)Nc1ncc([N+](=O)[O-])s1. The number of nitrogens with two attached hydrogens (primary N) is 1. The Bertz CT molecular complexity index is 325. The summed E-state index contributed by atoms with van der Waals surface area (Å²) in [5.74, 6) is 0. The Morgan fingerprint density at radius 2 is 2.36 bits per heavy atom. The average molecular weight is 216 g/mol. The lowest BCUT2D eigenvalue weighted by Gasteiger charge is -2.15. The van der Waals surface area contributed by atoms with Gasteiger partial charge in [0.05, 0.1) is 4.92 Å². The number of anilines is 1. The molecule has 1 aromatic heterocycles. The molecule has 2 unspecified atom stereocenters. The first-order chi connectivity index (χ1) is 6.50. The summed E-state index contributed by atoms with van der Waals surface area (Å²) in [6, 6.07) is 0.0127. The van der Waals surface area contributed by atoms with Crippen molar-refractivity contribution in [2.75, 3.05) is 5.32 Å². The summed E-state index contributed by atoms with van der Waals surface area (Å²) in [5, 5.41) is 13.9. The molecule has 3 N–H and O–H groups in total. The van der Waals surface area contributed by atoms with E-state index in [0.29, 0.717) is 5.13 Å². The van der Waals surface area contributed by atoms with Crippen LogP contribution in [0.3, 0.4) is 0 Å². The Labute approximate surface area is 85.3 Å². The average Bonchev–Trinajstić information content (AvgIpc) is 2.52. The molecule has 1 rings (SSSR count). The zero-order valence-corrected chi connectivity index (χ0v) is 8.75. The van der Waals surface area contributed by atoms with Crippen molar-refractivity contribution in [3.8, 4) is 0 Å². The van der Waals surface area contributed by atoms with Crippen LogP contribution in [-0.4, -0.2) is 22.0 Å². The number of rotatable bonds is 4. The molecule has 0 aromatic carbocycles. The summed E-state index contributed by atoms with van der Waals surface area (Å²) in [4.78, 5) is 13.8. The Morgan fingerprint density at radius 3 is 2.79 bits per heavy atom. The van der Waals surface area contributed by atoms with Gasteiger partial charge < -0.3 is 11.1 Å². The molecule has 1 heterocycles. The van der Waals surface area contributed by atoms with E-state index in [1.165, 1.54) is 6.20 Å². The lowest BCUT2D eigenvalue weighted by molar-refractivity contribution is -0.380. The predicted molar refractivity (Wildman–Crippen MR) is 55.5 cm³/mol. The number of aromatic nitrogens is 1. The third-order valence-electron chi connectivity index (χ3n) is 1.81. The van der Waals surface area contributed by atoms with E-state index in [0.717, 1.165) is 11.3 Å². The van der Waals surface area contributed by atoms with Gasteiger partial charge in [0.2, 0.25) is 0 Å². The van der Waals surface area contributed by atoms with Crippen LogP contribution in [0.2, 0.25) is 0 Å². The molecule has 0 aliphatic rings. The highest BCUT2D eigenvalue weighted by atomic mass is 32.1. The molecule has 0 fully saturated rings. The summed E-state index contributed by atoms with van der Waals surface area (Å²) in [6.45, 7) is 3.76. The first-order valence-electron chi connectivity index (χ1n) is 4.13. The number of hydrogen-bond acceptors (Lipinski definition) is 6. The van der Waals surface area contributed by atoms with Crippen molar-refractivity contribution in [3.63, 3.8) is 0 Å². The molecule has 0 aliphatic carbocycles. The van der Waals surface area contributed by atoms with Crippen molar-refractivity contribution in [2.24, 2.45) is 5.73 Å². The van der Waals surface area contributed by atoms with E-state index in [9.17, 15) is 10.1 Å². The third kappa shape index (κ3) is 2.64. The molecule has 7 heteroatoms. The van der Waals surface area contributed by atoms with Crippen LogP contribution in [0.15, 0.2) is 6.20 Å². The molecule has 0 bridgehead atoms. The molecule has 0 saturated heterocycles. The van der Waals surface area contributed by atoms with E-state index in [1.807, 2.05) is 13.8 Å². The fraction of sp³-hybridized carbons (Fsp3) is 0.571. The molecule has 0 aliphatic heterocycles. The maximum Gasteiger partial charge on any atom is 0.345 e. The first-order valence-corrected chi connectivity index (χ1v) is 4.94. The molecule has 14 heavy (non-hydrogen) atoms. The van der Waals surface area contributed by atoms with Crippen molar-refractivity contribution < 1.29 is 4.92 Å². The number of nitrogens with zero attached hydrogens (tertiary/aromatic N) is 2. The highest BCUT2D eigenvalue weighted by Gasteiger charge is 2.14. The predicted octanol–water partition coefficient (Wildman–Crippen LogP) is 1.20. The molecule has 0 spiro atoms. The van der Waals surface area contributed by atoms with E-state index < -0.39 is 4.92 Å². The van der Waals surface area contributed by atoms with Gasteiger partial charge in [-0.2, -0.15) is 0 Å². The van der Waals surface area contributed by atoms with E-state index >= 15 is 0 Å². The zero-order chi connectivity index (χ0) is 10.7. The van der Waals surface area contributed by atoms with E-state index in [2.05, 4.69) is 10.3 Å². The van der Waals surface area contributed by atoms with Gasteiger partial charge in [0.15, 0.2) is 5.13 Å². The van der Waals surface area contributed by atoms with Crippen molar-refractivity contribution in [3.05, 3.63) is 16.3 Å². The molecule has 1 aromatic rings. The number of nitrogens with one attached hydrogen (secondary N) is 1. The van der Waals surface area contributed by atoms with E-state index in [1.54, 1.807) is 0 Å². The van der Waals surface area contributed by atoms with Crippen LogP contribution in [0.1, 0.15) is 13.8 Å². The highest BCUT2D eigenvalue weighted by Crippen LogP contribution is 2.25. The van der Waals surface area contributed by atoms with E-state index in [4.69, 9.17) is 5.73 Å². The standard InChI is InChI=1S/C7H12N4O2S/c1-4(8)5(2)10-7-9-3-6(14-7)11(12)13/h3-5H,8H2,1-2H3,(H,9,10). The number of nitro groups is 1. The molecular formula is C7H12N4O2S. The van der Waals surface area contributed by atoms with Crippen LogP contribution in [0, 0.1) is 10.1 Å². The van der Waals surface area contributed by atoms with Crippen LogP contribution in [-0.2, 0) is 0 Å². The Morgan fingerprint density at radius 1 is 1.71 bits per heavy atom. The fourth-order valence-electron chi connectivity index (χ4n) is 0.743. The number of thiazole rings is 1. The van der Waals surface area contributed by atoms with Gasteiger partial charge in [-0.15, -0.1) is 0 Å². The van der Waals surface area contributed by atoms with Gasteiger partial charge in [0.1, 0.15) is 6.20 Å². The smallest absolute Gasteiger partial charge is 0.345 e. The second-order valence-electron chi connectivity index (χ2n) is 3.05. The number of hydrogen-bond donors (Lipinski definition) is 2. The quantitative estimate of drug-likeness (QED) is 0.582. The monoisotopic (exact) mass is 216 g/mol. The normalized spacial score (nSPS) is 14.8. The maximum absolute atomic E-state index is 10.4. The summed E-state index contributed by atoms with van der Waals surface area (Å²) in [5.41, 5.74) is 5.63. The van der Waals surface area contributed by atoms with Gasteiger partial charge in [-0.05, 0) is 25.2 Å². The minimum atomic E-state index is -0.459. The summed E-state index contributed by atoms with van der Waals surface area (Å²) >= 11 is 1.01. The Kier molecular flexibility index (Phi) is 3.37. The molecule has 0 amide bonds. The van der Waals surface area contributed by atoms with Crippen molar-refractivity contribution in [1.82, 2.24) is 4.98 Å². The molecule has 6 nitrogen and oxygen atoms in total. The van der Waals surface area contributed by atoms with Crippen LogP contribution in [0.5, 0.6) is 0 Å². The minimum absolute atomic E-state index is 0.0297. The second-order valence-corrected chi connectivity index (χ2v) is 4.06. The molecule has 78 valence electrons. The lowest BCUT2D eigenvalue weighted by Crippen LogP contribution is -2.35. The van der Waals surface area contributed by atoms with Crippen molar-refractivity contribution in [2.45, 2.75) is 25.9 Å². The van der Waals surface area contributed by atoms with Gasteiger partial charge >= 0.3 is 5.00 Å². The molecular weight excluding hydrogens is 204 g/mol.